The van der Waals surface area contributed by atoms with E-state index in [0.29, 0.717) is 12.8 Å². The first kappa shape index (κ1) is 45.2. The fourth-order valence-corrected chi connectivity index (χ4v) is 7.57. The average Bonchev–Trinajstić information content (AvgIpc) is 3.49. The van der Waals surface area contributed by atoms with E-state index in [-0.39, 0.29) is 44.2 Å². The summed E-state index contributed by atoms with van der Waals surface area (Å²) in [4.78, 5) is 67.4. The third-order valence-electron chi connectivity index (χ3n) is 10.3. The normalized spacial score (nSPS) is 27.2. The summed E-state index contributed by atoms with van der Waals surface area (Å²) in [5.74, 6) is -3.52. The third kappa shape index (κ3) is 11.3. The van der Waals surface area contributed by atoms with Gasteiger partial charge >= 0.3 is 17.9 Å². The van der Waals surface area contributed by atoms with Crippen LogP contribution in [-0.4, -0.2) is 116 Å². The Labute approximate surface area is 354 Å². The number of carbonyl (C=O) groups excluding carboxylic acids is 5. The van der Waals surface area contributed by atoms with Crippen LogP contribution in [0.15, 0.2) is 97.6 Å². The Morgan fingerprint density at radius 1 is 0.672 bits per heavy atom. The van der Waals surface area contributed by atoms with Crippen molar-refractivity contribution in [3.05, 3.63) is 120 Å². The van der Waals surface area contributed by atoms with E-state index in [1.54, 1.807) is 18.2 Å². The van der Waals surface area contributed by atoms with E-state index in [4.69, 9.17) is 48.4 Å². The third-order valence-corrected chi connectivity index (χ3v) is 10.3. The molecule has 0 saturated carbocycles. The van der Waals surface area contributed by atoms with Crippen LogP contribution in [0.2, 0.25) is 0 Å². The molecule has 3 aromatic carbocycles. The molecule has 3 aromatic rings. The van der Waals surface area contributed by atoms with Crippen molar-refractivity contribution in [2.75, 3.05) is 19.8 Å². The summed E-state index contributed by atoms with van der Waals surface area (Å²) >= 11 is 0. The van der Waals surface area contributed by atoms with Gasteiger partial charge in [0.25, 0.3) is 11.8 Å². The number of allylic oxidation sites excluding steroid dienone is 1. The van der Waals surface area contributed by atoms with Crippen LogP contribution in [0.4, 0.5) is 0 Å². The quantitative estimate of drug-likeness (QED) is 0.0597. The molecular weight excluding hydrogens is 792 g/mol. The van der Waals surface area contributed by atoms with E-state index in [1.165, 1.54) is 32.9 Å². The first-order chi connectivity index (χ1) is 29.5. The smallest absolute Gasteiger partial charge is 0.303 e. The summed E-state index contributed by atoms with van der Waals surface area (Å²) in [5, 5.41) is 0. The number of ether oxygens (including phenoxy) is 9. The Morgan fingerprint density at radius 3 is 1.67 bits per heavy atom. The Kier molecular flexibility index (Phi) is 15.9. The van der Waals surface area contributed by atoms with Gasteiger partial charge in [-0.15, -0.1) is 6.58 Å². The molecule has 3 heterocycles. The molecule has 0 spiro atoms. The first-order valence-electron chi connectivity index (χ1n) is 20.1. The van der Waals surface area contributed by atoms with Crippen LogP contribution in [-0.2, 0) is 70.2 Å². The number of amides is 2. The van der Waals surface area contributed by atoms with E-state index in [0.717, 1.165) is 16.0 Å². The maximum absolute atomic E-state index is 14.2. The highest BCUT2D eigenvalue weighted by atomic mass is 16.7. The molecule has 0 aliphatic carbocycles. The Morgan fingerprint density at radius 2 is 1.15 bits per heavy atom. The SMILES string of the molecule is C=CCCCO[C@@H]1O[C@H](COCc2ccccc2)[C@@H](O[C@@H]2O[C@H](COCc3ccccc3)[C@@H](OC(C)=O)[C@H](OC(C)=O)[C@H]2N)[C@H](OC(C)=O)[C@H]1N1C(=O)c2ccccc2C1=O. The number of nitrogens with zero attached hydrogens (tertiary/aromatic N) is 1. The molecule has 6 rings (SSSR count). The fourth-order valence-electron chi connectivity index (χ4n) is 7.57. The number of benzene rings is 3. The minimum absolute atomic E-state index is 0.120. The summed E-state index contributed by atoms with van der Waals surface area (Å²) < 4.78 is 55.7. The summed E-state index contributed by atoms with van der Waals surface area (Å²) in [6, 6.07) is 22.3. The number of hydrogen-bond donors (Lipinski definition) is 1. The largest absolute Gasteiger partial charge is 0.457 e. The highest BCUT2D eigenvalue weighted by Crippen LogP contribution is 2.38. The van der Waals surface area contributed by atoms with Gasteiger partial charge in [0.2, 0.25) is 0 Å². The van der Waals surface area contributed by atoms with Gasteiger partial charge < -0.3 is 48.4 Å². The van der Waals surface area contributed by atoms with Gasteiger partial charge in [-0.1, -0.05) is 78.9 Å². The van der Waals surface area contributed by atoms with Crippen LogP contribution >= 0.6 is 0 Å². The van der Waals surface area contributed by atoms with Crippen LogP contribution in [0, 0.1) is 0 Å². The number of esters is 3. The minimum Gasteiger partial charge on any atom is -0.457 e. The van der Waals surface area contributed by atoms with Crippen molar-refractivity contribution >= 4 is 29.7 Å². The molecule has 0 unspecified atom stereocenters. The topological polar surface area (TPSA) is 198 Å². The lowest BCUT2D eigenvalue weighted by molar-refractivity contribution is -0.338. The first-order valence-corrected chi connectivity index (χ1v) is 20.1. The molecule has 2 amide bonds. The number of unbranched alkanes of at least 4 members (excludes halogenated alkanes) is 1. The van der Waals surface area contributed by atoms with Gasteiger partial charge in [-0.05, 0) is 36.1 Å². The molecule has 3 aliphatic heterocycles. The van der Waals surface area contributed by atoms with Gasteiger partial charge in [-0.25, -0.2) is 0 Å². The second-order valence-corrected chi connectivity index (χ2v) is 14.8. The second-order valence-electron chi connectivity index (χ2n) is 14.8. The van der Waals surface area contributed by atoms with Gasteiger partial charge in [-0.3, -0.25) is 28.9 Å². The zero-order chi connectivity index (χ0) is 43.5. The minimum atomic E-state index is -1.49. The van der Waals surface area contributed by atoms with Crippen LogP contribution in [0.1, 0.15) is 65.5 Å². The van der Waals surface area contributed by atoms with Crippen molar-refractivity contribution in [1.82, 2.24) is 4.90 Å². The summed E-state index contributed by atoms with van der Waals surface area (Å²) in [6.07, 6.45) is -7.63. The van der Waals surface area contributed by atoms with Crippen molar-refractivity contribution in [3.63, 3.8) is 0 Å². The molecule has 2 saturated heterocycles. The van der Waals surface area contributed by atoms with E-state index >= 15 is 0 Å². The molecule has 16 nitrogen and oxygen atoms in total. The number of carbonyl (C=O) groups is 5. The van der Waals surface area contributed by atoms with Crippen LogP contribution in [0.5, 0.6) is 0 Å². The van der Waals surface area contributed by atoms with Crippen molar-refractivity contribution in [2.45, 2.75) is 108 Å². The Bertz CT molecular complexity index is 1950. The van der Waals surface area contributed by atoms with Crippen molar-refractivity contribution in [1.29, 1.82) is 0 Å². The van der Waals surface area contributed by atoms with E-state index in [9.17, 15) is 24.0 Å². The predicted molar refractivity (Wildman–Crippen MR) is 215 cm³/mol. The van der Waals surface area contributed by atoms with Gasteiger partial charge in [0.05, 0.1) is 50.2 Å². The van der Waals surface area contributed by atoms with E-state index in [2.05, 4.69) is 6.58 Å². The van der Waals surface area contributed by atoms with E-state index < -0.39 is 91.0 Å². The standard InChI is InChI=1S/C45H52N2O14/c1-5-6-15-22-55-45-37(47-42(51)32-20-13-14-21-33(32)43(47)52)41(58-29(4)50)39(35(60-45)26-54-24-31-18-11-8-12-19-31)61-44-36(46)40(57-28(3)49)38(56-27(2)48)34(59-44)25-53-23-30-16-9-7-10-17-30/h5,7-14,16-21,34-41,44-45H,1,6,15,22-26,46H2,2-4H3/t34-,35-,36-,37-,38-,39-,40-,41-,44+,45-/m1/s1. The van der Waals surface area contributed by atoms with Gasteiger partial charge in [-0.2, -0.15) is 0 Å². The number of rotatable bonds is 19. The van der Waals surface area contributed by atoms with E-state index in [1.807, 2.05) is 60.7 Å². The molecule has 16 heteroatoms. The van der Waals surface area contributed by atoms with Crippen molar-refractivity contribution in [2.24, 2.45) is 5.73 Å². The highest BCUT2D eigenvalue weighted by molar-refractivity contribution is 6.21. The molecule has 3 aliphatic rings. The summed E-state index contributed by atoms with van der Waals surface area (Å²) in [5.41, 5.74) is 8.78. The van der Waals surface area contributed by atoms with Crippen molar-refractivity contribution < 1.29 is 66.6 Å². The second kappa shape index (κ2) is 21.5. The van der Waals surface area contributed by atoms with Crippen LogP contribution in [0.3, 0.4) is 0 Å². The van der Waals surface area contributed by atoms with Crippen LogP contribution < -0.4 is 5.73 Å². The number of imide groups is 1. The maximum Gasteiger partial charge on any atom is 0.303 e. The molecule has 10 atom stereocenters. The lowest BCUT2D eigenvalue weighted by Crippen LogP contribution is -2.70. The lowest BCUT2D eigenvalue weighted by atomic mass is 9.93. The van der Waals surface area contributed by atoms with Gasteiger partial charge in [0, 0.05) is 20.8 Å². The average molecular weight is 845 g/mol. The Balaban J connectivity index is 1.38. The fraction of sp³-hybridized carbons (Fsp3) is 0.444. The monoisotopic (exact) mass is 844 g/mol. The zero-order valence-corrected chi connectivity index (χ0v) is 34.3. The predicted octanol–water partition coefficient (Wildman–Crippen LogP) is 4.03. The zero-order valence-electron chi connectivity index (χ0n) is 34.3. The molecular formula is C45H52N2O14. The lowest BCUT2D eigenvalue weighted by Gasteiger charge is -2.50. The summed E-state index contributed by atoms with van der Waals surface area (Å²) in [6.45, 7) is 7.40. The molecule has 2 fully saturated rings. The van der Waals surface area contributed by atoms with Crippen LogP contribution in [0.25, 0.3) is 0 Å². The maximum atomic E-state index is 14.2. The number of hydrogen-bond acceptors (Lipinski definition) is 15. The highest BCUT2D eigenvalue weighted by Gasteiger charge is 2.58. The number of fused-ring (bicyclic) bond motifs is 1. The Hall–Kier alpha value is -5.33. The molecule has 0 aromatic heterocycles. The van der Waals surface area contributed by atoms with Gasteiger partial charge in [0.1, 0.15) is 24.4 Å². The molecule has 2 N–H and O–H groups in total. The summed E-state index contributed by atoms with van der Waals surface area (Å²) in [7, 11) is 0. The molecule has 326 valence electrons. The molecule has 61 heavy (non-hydrogen) atoms. The number of nitrogens with two attached hydrogens (primary N) is 1. The molecule has 0 bridgehead atoms. The van der Waals surface area contributed by atoms with Gasteiger partial charge in [0.15, 0.2) is 30.9 Å². The van der Waals surface area contributed by atoms with Crippen molar-refractivity contribution in [3.8, 4) is 0 Å². The molecule has 0 radical (unpaired) electrons.